The van der Waals surface area contributed by atoms with Crippen molar-refractivity contribution in [3.05, 3.63) is 12.2 Å². The Morgan fingerprint density at radius 2 is 2.27 bits per heavy atom. The Bertz CT molecular complexity index is 344. The summed E-state index contributed by atoms with van der Waals surface area (Å²) in [7, 11) is 3.59. The number of nitrogens with zero attached hydrogens (tertiary/aromatic N) is 3. The highest BCUT2D eigenvalue weighted by Gasteiger charge is 2.24. The van der Waals surface area contributed by atoms with E-state index in [4.69, 9.17) is 0 Å². The summed E-state index contributed by atoms with van der Waals surface area (Å²) in [4.78, 5) is 11.7. The van der Waals surface area contributed by atoms with Crippen molar-refractivity contribution in [1.29, 1.82) is 0 Å². The lowest BCUT2D eigenvalue weighted by molar-refractivity contribution is -0.126. The summed E-state index contributed by atoms with van der Waals surface area (Å²) in [5.74, 6) is 0.670. The molecule has 6 heteroatoms. The maximum absolute atomic E-state index is 11.7. The van der Waals surface area contributed by atoms with Gasteiger partial charge in [-0.05, 0) is 20.9 Å². The number of likely N-dealkylation sites (N-methyl/N-ethyl adjacent to an activating group) is 1. The lowest BCUT2D eigenvalue weighted by Crippen LogP contribution is -2.50. The van der Waals surface area contributed by atoms with E-state index in [9.17, 15) is 4.79 Å². The molecule has 6 nitrogen and oxygen atoms in total. The summed E-state index contributed by atoms with van der Waals surface area (Å²) in [6.07, 6.45) is 1.60. The van der Waals surface area contributed by atoms with Crippen molar-refractivity contribution in [2.45, 2.75) is 25.9 Å². The zero-order valence-corrected chi connectivity index (χ0v) is 9.53. The van der Waals surface area contributed by atoms with Crippen LogP contribution < -0.4 is 10.6 Å². The highest BCUT2D eigenvalue weighted by molar-refractivity contribution is 5.85. The number of hydrogen-bond acceptors (Lipinski definition) is 4. The maximum Gasteiger partial charge on any atom is 0.240 e. The largest absolute Gasteiger partial charge is 0.347 e. The van der Waals surface area contributed by atoms with Gasteiger partial charge in [0.25, 0.3) is 0 Å². The summed E-state index contributed by atoms with van der Waals surface area (Å²) in [6.45, 7) is 4.03. The predicted molar refractivity (Wildman–Crippen MR) is 56.0 cm³/mol. The minimum atomic E-state index is -0.571. The van der Waals surface area contributed by atoms with Gasteiger partial charge >= 0.3 is 0 Å². The molecular weight excluding hydrogens is 194 g/mol. The summed E-state index contributed by atoms with van der Waals surface area (Å²) < 4.78 is 1.77. The van der Waals surface area contributed by atoms with Crippen LogP contribution in [0.5, 0.6) is 0 Å². The first-order valence-electron chi connectivity index (χ1n) is 4.77. The molecule has 0 saturated carbocycles. The van der Waals surface area contributed by atoms with E-state index in [1.807, 2.05) is 20.9 Å². The molecular formula is C9H17N5O. The second kappa shape index (κ2) is 4.39. The van der Waals surface area contributed by atoms with Crippen LogP contribution in [0.2, 0.25) is 0 Å². The van der Waals surface area contributed by atoms with Gasteiger partial charge in [0, 0.05) is 7.05 Å². The van der Waals surface area contributed by atoms with Crippen LogP contribution in [0.3, 0.4) is 0 Å². The van der Waals surface area contributed by atoms with Gasteiger partial charge < -0.3 is 15.2 Å². The average molecular weight is 211 g/mol. The molecule has 0 fully saturated rings. The minimum Gasteiger partial charge on any atom is -0.347 e. The van der Waals surface area contributed by atoms with Gasteiger partial charge in [0.05, 0.1) is 12.1 Å². The van der Waals surface area contributed by atoms with E-state index in [-0.39, 0.29) is 5.91 Å². The first kappa shape index (κ1) is 11.6. The van der Waals surface area contributed by atoms with E-state index in [1.54, 1.807) is 17.9 Å². The number of carbonyl (C=O) groups is 1. The van der Waals surface area contributed by atoms with Gasteiger partial charge in [0.2, 0.25) is 5.91 Å². The molecule has 2 N–H and O–H groups in total. The van der Waals surface area contributed by atoms with Crippen LogP contribution in [0.4, 0.5) is 0 Å². The van der Waals surface area contributed by atoms with Crippen LogP contribution in [0, 0.1) is 0 Å². The maximum atomic E-state index is 11.7. The van der Waals surface area contributed by atoms with Crippen molar-refractivity contribution in [3.8, 4) is 0 Å². The highest BCUT2D eigenvalue weighted by Crippen LogP contribution is 2.01. The molecule has 0 aliphatic heterocycles. The van der Waals surface area contributed by atoms with Crippen molar-refractivity contribution in [3.63, 3.8) is 0 Å². The number of aryl methyl sites for hydroxylation is 1. The summed E-state index contributed by atoms with van der Waals surface area (Å²) in [5, 5.41) is 13.3. The Morgan fingerprint density at radius 3 is 2.73 bits per heavy atom. The summed E-state index contributed by atoms with van der Waals surface area (Å²) in [6, 6.07) is 0. The third kappa shape index (κ3) is 2.76. The van der Waals surface area contributed by atoms with Crippen molar-refractivity contribution in [2.24, 2.45) is 7.05 Å². The molecule has 1 amide bonds. The normalized spacial score (nSPS) is 11.5. The quantitative estimate of drug-likeness (QED) is 0.699. The third-order valence-corrected chi connectivity index (χ3v) is 2.40. The van der Waals surface area contributed by atoms with E-state index < -0.39 is 5.54 Å². The lowest BCUT2D eigenvalue weighted by Gasteiger charge is -2.22. The van der Waals surface area contributed by atoms with Crippen molar-refractivity contribution in [1.82, 2.24) is 25.4 Å². The molecule has 0 unspecified atom stereocenters. The zero-order valence-electron chi connectivity index (χ0n) is 9.53. The molecule has 0 aliphatic carbocycles. The molecule has 0 bridgehead atoms. The lowest BCUT2D eigenvalue weighted by atomic mass is 10.1. The molecule has 0 saturated heterocycles. The second-order valence-corrected chi connectivity index (χ2v) is 3.92. The van der Waals surface area contributed by atoms with E-state index in [0.29, 0.717) is 6.54 Å². The van der Waals surface area contributed by atoms with E-state index in [0.717, 1.165) is 5.82 Å². The van der Waals surface area contributed by atoms with Crippen LogP contribution >= 0.6 is 0 Å². The molecule has 0 aromatic carbocycles. The zero-order chi connectivity index (χ0) is 11.5. The molecule has 1 aromatic heterocycles. The fourth-order valence-electron chi connectivity index (χ4n) is 0.961. The predicted octanol–water partition coefficient (Wildman–Crippen LogP) is -0.571. The number of rotatable bonds is 4. The van der Waals surface area contributed by atoms with Gasteiger partial charge in [-0.3, -0.25) is 4.79 Å². The number of aromatic nitrogens is 3. The van der Waals surface area contributed by atoms with Crippen molar-refractivity contribution in [2.75, 3.05) is 7.05 Å². The molecule has 1 heterocycles. The van der Waals surface area contributed by atoms with Gasteiger partial charge in [-0.15, -0.1) is 10.2 Å². The molecule has 0 aliphatic rings. The van der Waals surface area contributed by atoms with Gasteiger partial charge in [0.1, 0.15) is 6.33 Å². The smallest absolute Gasteiger partial charge is 0.240 e. The molecule has 1 rings (SSSR count). The Morgan fingerprint density at radius 1 is 1.60 bits per heavy atom. The first-order valence-corrected chi connectivity index (χ1v) is 4.77. The average Bonchev–Trinajstić information content (AvgIpc) is 2.60. The van der Waals surface area contributed by atoms with Crippen LogP contribution in [0.15, 0.2) is 6.33 Å². The molecule has 84 valence electrons. The summed E-state index contributed by atoms with van der Waals surface area (Å²) in [5.41, 5.74) is -0.571. The Balaban J connectivity index is 2.52. The van der Waals surface area contributed by atoms with Crippen LogP contribution in [0.1, 0.15) is 19.7 Å². The molecule has 0 spiro atoms. The molecule has 0 radical (unpaired) electrons. The number of hydrogen-bond donors (Lipinski definition) is 2. The van der Waals surface area contributed by atoms with Crippen LogP contribution in [0.25, 0.3) is 0 Å². The Labute approximate surface area is 89.1 Å². The highest BCUT2D eigenvalue weighted by atomic mass is 16.2. The standard InChI is InChI=1S/C9H17N5O/c1-9(2,10-3)8(15)11-5-7-13-12-6-14(7)4/h6,10H,5H2,1-4H3,(H,11,15). The van der Waals surface area contributed by atoms with E-state index in [2.05, 4.69) is 20.8 Å². The van der Waals surface area contributed by atoms with Gasteiger partial charge in [-0.2, -0.15) is 0 Å². The minimum absolute atomic E-state index is 0.0620. The number of nitrogens with one attached hydrogen (secondary N) is 2. The van der Waals surface area contributed by atoms with Crippen LogP contribution in [-0.2, 0) is 18.4 Å². The molecule has 1 aromatic rings. The second-order valence-electron chi connectivity index (χ2n) is 3.92. The topological polar surface area (TPSA) is 71.8 Å². The molecule has 15 heavy (non-hydrogen) atoms. The monoisotopic (exact) mass is 211 g/mol. The van der Waals surface area contributed by atoms with E-state index in [1.165, 1.54) is 0 Å². The SMILES string of the molecule is CNC(C)(C)C(=O)NCc1nncn1C. The van der Waals surface area contributed by atoms with Crippen LogP contribution in [-0.4, -0.2) is 33.3 Å². The van der Waals surface area contributed by atoms with Gasteiger partial charge in [-0.1, -0.05) is 0 Å². The third-order valence-electron chi connectivity index (χ3n) is 2.40. The number of carbonyl (C=O) groups excluding carboxylic acids is 1. The molecule has 0 atom stereocenters. The summed E-state index contributed by atoms with van der Waals surface area (Å²) >= 11 is 0. The van der Waals surface area contributed by atoms with Crippen molar-refractivity contribution >= 4 is 5.91 Å². The Kier molecular flexibility index (Phi) is 3.41. The van der Waals surface area contributed by atoms with Crippen molar-refractivity contribution < 1.29 is 4.79 Å². The van der Waals surface area contributed by atoms with E-state index >= 15 is 0 Å². The fourth-order valence-corrected chi connectivity index (χ4v) is 0.961. The number of amides is 1. The van der Waals surface area contributed by atoms with Gasteiger partial charge in [-0.25, -0.2) is 0 Å². The Hall–Kier alpha value is -1.43. The first-order chi connectivity index (χ1) is 6.97. The van der Waals surface area contributed by atoms with Gasteiger partial charge in [0.15, 0.2) is 5.82 Å². The fraction of sp³-hybridized carbons (Fsp3) is 0.667.